The minimum absolute atomic E-state index is 0.194. The van der Waals surface area contributed by atoms with Crippen LogP contribution in [0, 0.1) is 5.82 Å². The molecule has 9 nitrogen and oxygen atoms in total. The Balaban J connectivity index is 1.40. The molecule has 10 heteroatoms. The lowest BCUT2D eigenvalue weighted by Gasteiger charge is -2.14. The average molecular weight is 410 g/mol. The summed E-state index contributed by atoms with van der Waals surface area (Å²) in [6.07, 6.45) is -1.18. The summed E-state index contributed by atoms with van der Waals surface area (Å²) in [6.45, 7) is 1.26. The molecule has 1 N–H and O–H groups in total. The SMILES string of the molecule is Cn1nnnc1N1Cc2ccc(-c3ccc(N4CC(CO)OC4=O)cc3F)cc2C1. The minimum atomic E-state index is -0.594. The van der Waals surface area contributed by atoms with Crippen LogP contribution < -0.4 is 9.80 Å². The summed E-state index contributed by atoms with van der Waals surface area (Å²) in [5.41, 5.74) is 3.85. The zero-order valence-corrected chi connectivity index (χ0v) is 16.2. The second-order valence-corrected chi connectivity index (χ2v) is 7.41. The molecular formula is C20H19FN6O3. The molecule has 30 heavy (non-hydrogen) atoms. The number of fused-ring (bicyclic) bond motifs is 1. The van der Waals surface area contributed by atoms with E-state index >= 15 is 0 Å². The Hall–Kier alpha value is -3.53. The van der Waals surface area contributed by atoms with Gasteiger partial charge in [-0.15, -0.1) is 0 Å². The molecule has 1 amide bonds. The molecule has 2 aliphatic rings. The number of tetrazole rings is 1. The molecule has 1 fully saturated rings. The molecule has 3 aromatic rings. The highest BCUT2D eigenvalue weighted by atomic mass is 19.1. The molecule has 0 radical (unpaired) electrons. The molecule has 0 saturated carbocycles. The van der Waals surface area contributed by atoms with Gasteiger partial charge < -0.3 is 14.7 Å². The summed E-state index contributed by atoms with van der Waals surface area (Å²) in [5.74, 6) is 0.252. The number of aromatic nitrogens is 4. The van der Waals surface area contributed by atoms with Gasteiger partial charge in [-0.25, -0.2) is 13.9 Å². The van der Waals surface area contributed by atoms with Gasteiger partial charge in [0.1, 0.15) is 11.9 Å². The first-order chi connectivity index (χ1) is 14.5. The third-order valence-electron chi connectivity index (χ3n) is 5.46. The number of halogens is 1. The number of carbonyl (C=O) groups excluding carboxylic acids is 1. The smallest absolute Gasteiger partial charge is 0.414 e. The van der Waals surface area contributed by atoms with Gasteiger partial charge in [-0.1, -0.05) is 17.2 Å². The first-order valence-electron chi connectivity index (χ1n) is 9.51. The number of rotatable bonds is 4. The quantitative estimate of drug-likeness (QED) is 0.701. The fourth-order valence-corrected chi connectivity index (χ4v) is 3.93. The van der Waals surface area contributed by atoms with Gasteiger partial charge in [0.2, 0.25) is 5.95 Å². The standard InChI is InChI=1S/C20H19FN6O3/c1-25-19(22-23-24-25)26-8-13-3-2-12(6-14(13)9-26)17-5-4-15(7-18(17)21)27-10-16(11-28)30-20(27)29/h2-7,16,28H,8-11H2,1H3. The van der Waals surface area contributed by atoms with Gasteiger partial charge in [-0.3, -0.25) is 4.90 Å². The Kier molecular flexibility index (Phi) is 4.35. The Morgan fingerprint density at radius 2 is 2.03 bits per heavy atom. The second-order valence-electron chi connectivity index (χ2n) is 7.41. The van der Waals surface area contributed by atoms with Gasteiger partial charge in [-0.2, -0.15) is 0 Å². The van der Waals surface area contributed by atoms with Crippen molar-refractivity contribution in [2.45, 2.75) is 19.2 Å². The summed E-state index contributed by atoms with van der Waals surface area (Å²) in [7, 11) is 1.79. The number of aryl methyl sites for hydroxylation is 1. The molecule has 5 rings (SSSR count). The monoisotopic (exact) mass is 410 g/mol. The summed E-state index contributed by atoms with van der Waals surface area (Å²) in [4.78, 5) is 15.3. The number of benzene rings is 2. The molecule has 0 spiro atoms. The summed E-state index contributed by atoms with van der Waals surface area (Å²) in [5, 5.41) is 20.8. The van der Waals surface area contributed by atoms with E-state index in [4.69, 9.17) is 4.74 Å². The van der Waals surface area contributed by atoms with E-state index in [9.17, 15) is 14.3 Å². The van der Waals surface area contributed by atoms with Crippen molar-refractivity contribution in [1.82, 2.24) is 20.2 Å². The zero-order valence-electron chi connectivity index (χ0n) is 16.2. The molecule has 3 heterocycles. The lowest BCUT2D eigenvalue weighted by Crippen LogP contribution is -2.25. The number of aliphatic hydroxyl groups excluding tert-OH is 1. The Morgan fingerprint density at radius 1 is 1.20 bits per heavy atom. The largest absolute Gasteiger partial charge is 0.441 e. The van der Waals surface area contributed by atoms with Gasteiger partial charge in [0, 0.05) is 25.7 Å². The maximum absolute atomic E-state index is 14.9. The van der Waals surface area contributed by atoms with Gasteiger partial charge >= 0.3 is 6.09 Å². The van der Waals surface area contributed by atoms with Crippen LogP contribution in [0.4, 0.5) is 20.8 Å². The maximum atomic E-state index is 14.9. The number of nitrogens with zero attached hydrogens (tertiary/aromatic N) is 6. The van der Waals surface area contributed by atoms with Gasteiger partial charge in [-0.05, 0) is 51.4 Å². The van der Waals surface area contributed by atoms with Crippen molar-refractivity contribution < 1.29 is 19.0 Å². The molecule has 0 bridgehead atoms. The lowest BCUT2D eigenvalue weighted by atomic mass is 10.00. The third kappa shape index (κ3) is 3.05. The highest BCUT2D eigenvalue weighted by Crippen LogP contribution is 2.33. The highest BCUT2D eigenvalue weighted by molar-refractivity contribution is 5.90. The molecule has 1 atom stereocenters. The second kappa shape index (κ2) is 7.06. The molecule has 1 unspecified atom stereocenters. The predicted molar refractivity (Wildman–Crippen MR) is 105 cm³/mol. The number of hydrogen-bond acceptors (Lipinski definition) is 7. The Morgan fingerprint density at radius 3 is 2.73 bits per heavy atom. The van der Waals surface area contributed by atoms with Crippen molar-refractivity contribution in [3.63, 3.8) is 0 Å². The third-order valence-corrected chi connectivity index (χ3v) is 5.46. The average Bonchev–Trinajstić information content (AvgIpc) is 3.44. The topological polar surface area (TPSA) is 96.6 Å². The number of carbonyl (C=O) groups is 1. The van der Waals surface area contributed by atoms with Crippen LogP contribution in [0.2, 0.25) is 0 Å². The van der Waals surface area contributed by atoms with Crippen LogP contribution >= 0.6 is 0 Å². The lowest BCUT2D eigenvalue weighted by molar-refractivity contribution is 0.0963. The van der Waals surface area contributed by atoms with Gasteiger partial charge in [0.25, 0.3) is 0 Å². The molecular weight excluding hydrogens is 391 g/mol. The van der Waals surface area contributed by atoms with Crippen LogP contribution in [0.3, 0.4) is 0 Å². The van der Waals surface area contributed by atoms with Crippen LogP contribution in [0.5, 0.6) is 0 Å². The summed E-state index contributed by atoms with van der Waals surface area (Å²) >= 11 is 0. The number of aliphatic hydroxyl groups is 1. The van der Waals surface area contributed by atoms with Crippen LogP contribution in [0.25, 0.3) is 11.1 Å². The highest BCUT2D eigenvalue weighted by Gasteiger charge is 2.32. The van der Waals surface area contributed by atoms with Crippen molar-refractivity contribution in [3.05, 3.63) is 53.3 Å². The Labute approximate surface area is 171 Å². The van der Waals surface area contributed by atoms with E-state index in [1.54, 1.807) is 23.9 Å². The van der Waals surface area contributed by atoms with E-state index in [-0.39, 0.29) is 13.2 Å². The molecule has 154 valence electrons. The number of hydrogen-bond donors (Lipinski definition) is 1. The Bertz CT molecular complexity index is 1130. The molecule has 1 aromatic heterocycles. The van der Waals surface area contributed by atoms with E-state index in [1.165, 1.54) is 11.0 Å². The van der Waals surface area contributed by atoms with Crippen molar-refractivity contribution in [2.24, 2.45) is 7.05 Å². The van der Waals surface area contributed by atoms with Crippen molar-refractivity contribution in [3.8, 4) is 11.1 Å². The van der Waals surface area contributed by atoms with Crippen LogP contribution in [-0.2, 0) is 24.9 Å². The van der Waals surface area contributed by atoms with Crippen molar-refractivity contribution in [2.75, 3.05) is 23.0 Å². The van der Waals surface area contributed by atoms with E-state index < -0.39 is 18.0 Å². The first-order valence-corrected chi connectivity index (χ1v) is 9.51. The molecule has 2 aromatic carbocycles. The number of cyclic esters (lactones) is 1. The van der Waals surface area contributed by atoms with Crippen molar-refractivity contribution in [1.29, 1.82) is 0 Å². The normalized spacial score (nSPS) is 18.1. The van der Waals surface area contributed by atoms with E-state index in [1.807, 2.05) is 18.2 Å². The fraction of sp³-hybridized carbons (Fsp3) is 0.300. The summed E-state index contributed by atoms with van der Waals surface area (Å²) in [6, 6.07) is 10.5. The molecule has 1 saturated heterocycles. The van der Waals surface area contributed by atoms with Gasteiger partial charge in [0.05, 0.1) is 18.8 Å². The van der Waals surface area contributed by atoms with E-state index in [0.29, 0.717) is 30.3 Å². The molecule has 0 aliphatic carbocycles. The predicted octanol–water partition coefficient (Wildman–Crippen LogP) is 1.85. The molecule has 2 aliphatic heterocycles. The van der Waals surface area contributed by atoms with E-state index in [2.05, 4.69) is 20.4 Å². The maximum Gasteiger partial charge on any atom is 0.414 e. The first kappa shape index (κ1) is 18.5. The summed E-state index contributed by atoms with van der Waals surface area (Å²) < 4.78 is 21.6. The van der Waals surface area contributed by atoms with Crippen LogP contribution in [-0.4, -0.2) is 50.7 Å². The van der Waals surface area contributed by atoms with Gasteiger partial charge in [0.15, 0.2) is 0 Å². The van der Waals surface area contributed by atoms with Crippen molar-refractivity contribution >= 4 is 17.7 Å². The van der Waals surface area contributed by atoms with E-state index in [0.717, 1.165) is 16.7 Å². The number of amides is 1. The number of ether oxygens (including phenoxy) is 1. The van der Waals surface area contributed by atoms with Crippen LogP contribution in [0.1, 0.15) is 11.1 Å². The van der Waals surface area contributed by atoms with Crippen LogP contribution in [0.15, 0.2) is 36.4 Å². The fourth-order valence-electron chi connectivity index (χ4n) is 3.93. The zero-order chi connectivity index (χ0) is 20.8. The minimum Gasteiger partial charge on any atom is -0.441 e. The number of anilines is 2.